The summed E-state index contributed by atoms with van der Waals surface area (Å²) >= 11 is 0. The van der Waals surface area contributed by atoms with Crippen LogP contribution in [0.5, 0.6) is 5.75 Å². The lowest BCUT2D eigenvalue weighted by molar-refractivity contribution is 0.415. The molecule has 0 bridgehead atoms. The Balaban J connectivity index is 2.12. The van der Waals surface area contributed by atoms with Gasteiger partial charge in [-0.3, -0.25) is 0 Å². The van der Waals surface area contributed by atoms with Gasteiger partial charge >= 0.3 is 0 Å². The molecule has 2 rings (SSSR count). The Morgan fingerprint density at radius 2 is 1.76 bits per heavy atom. The van der Waals surface area contributed by atoms with Crippen molar-refractivity contribution in [3.63, 3.8) is 0 Å². The molecular formula is C19H23NO. The van der Waals surface area contributed by atoms with Crippen LogP contribution in [0.15, 0.2) is 67.3 Å². The van der Waals surface area contributed by atoms with Crippen LogP contribution in [0.4, 0.5) is 5.69 Å². The molecule has 21 heavy (non-hydrogen) atoms. The molecule has 0 radical (unpaired) electrons. The molecule has 2 nitrogen and oxygen atoms in total. The molecule has 2 unspecified atom stereocenters. The molecule has 2 aromatic carbocycles. The summed E-state index contributed by atoms with van der Waals surface area (Å²) < 4.78 is 5.19. The highest BCUT2D eigenvalue weighted by Gasteiger charge is 2.17. The molecule has 0 fully saturated rings. The van der Waals surface area contributed by atoms with Crippen molar-refractivity contribution < 1.29 is 4.74 Å². The Bertz CT molecular complexity index is 548. The molecule has 0 aliphatic heterocycles. The second kappa shape index (κ2) is 7.53. The average molecular weight is 281 g/mol. The van der Waals surface area contributed by atoms with Crippen LogP contribution in [0.1, 0.15) is 24.8 Å². The van der Waals surface area contributed by atoms with Gasteiger partial charge in [0.2, 0.25) is 0 Å². The van der Waals surface area contributed by atoms with E-state index >= 15 is 0 Å². The third-order valence-corrected chi connectivity index (χ3v) is 3.79. The third-order valence-electron chi connectivity index (χ3n) is 3.79. The van der Waals surface area contributed by atoms with Crippen molar-refractivity contribution in [3.05, 3.63) is 72.8 Å². The van der Waals surface area contributed by atoms with Crippen molar-refractivity contribution in [2.45, 2.75) is 25.3 Å². The molecule has 2 aromatic rings. The number of benzene rings is 2. The summed E-state index contributed by atoms with van der Waals surface area (Å²) in [7, 11) is 1.68. The summed E-state index contributed by atoms with van der Waals surface area (Å²) in [5.41, 5.74) is 2.44. The normalized spacial score (nSPS) is 13.2. The standard InChI is InChI=1S/C19H23NO/c1-4-8-19(15(2)16-9-6-5-7-10-16)20-17-11-13-18(21-3)14-12-17/h4-7,9-15,19-20H,1,8H2,2-3H3. The van der Waals surface area contributed by atoms with Gasteiger partial charge in [-0.1, -0.05) is 43.3 Å². The molecule has 110 valence electrons. The highest BCUT2D eigenvalue weighted by atomic mass is 16.5. The average Bonchev–Trinajstić information content (AvgIpc) is 2.55. The highest BCUT2D eigenvalue weighted by Crippen LogP contribution is 2.25. The largest absolute Gasteiger partial charge is 0.497 e. The topological polar surface area (TPSA) is 21.3 Å². The summed E-state index contributed by atoms with van der Waals surface area (Å²) in [6, 6.07) is 18.9. The van der Waals surface area contributed by atoms with E-state index in [0.29, 0.717) is 12.0 Å². The third kappa shape index (κ3) is 4.12. The minimum absolute atomic E-state index is 0.318. The lowest BCUT2D eigenvalue weighted by Crippen LogP contribution is -2.25. The van der Waals surface area contributed by atoms with Gasteiger partial charge in [-0.15, -0.1) is 6.58 Å². The number of nitrogens with one attached hydrogen (secondary N) is 1. The summed E-state index contributed by atoms with van der Waals surface area (Å²) in [6.45, 7) is 6.14. The quantitative estimate of drug-likeness (QED) is 0.732. The molecule has 0 heterocycles. The van der Waals surface area contributed by atoms with Crippen molar-refractivity contribution in [2.24, 2.45) is 0 Å². The molecule has 2 atom stereocenters. The van der Waals surface area contributed by atoms with E-state index < -0.39 is 0 Å². The van der Waals surface area contributed by atoms with Gasteiger partial charge in [-0.25, -0.2) is 0 Å². The van der Waals surface area contributed by atoms with Gasteiger partial charge in [0.05, 0.1) is 7.11 Å². The van der Waals surface area contributed by atoms with E-state index in [1.807, 2.05) is 30.3 Å². The number of ether oxygens (including phenoxy) is 1. The monoisotopic (exact) mass is 281 g/mol. The van der Waals surface area contributed by atoms with E-state index in [2.05, 4.69) is 49.2 Å². The van der Waals surface area contributed by atoms with Gasteiger partial charge in [0.1, 0.15) is 5.75 Å². The molecule has 0 amide bonds. The van der Waals surface area contributed by atoms with E-state index in [1.54, 1.807) is 7.11 Å². The van der Waals surface area contributed by atoms with Gasteiger partial charge in [0.15, 0.2) is 0 Å². The molecule has 0 spiro atoms. The van der Waals surface area contributed by atoms with Gasteiger partial charge in [-0.05, 0) is 36.2 Å². The minimum Gasteiger partial charge on any atom is -0.497 e. The van der Waals surface area contributed by atoms with E-state index in [4.69, 9.17) is 4.74 Å². The van der Waals surface area contributed by atoms with Gasteiger partial charge in [0, 0.05) is 17.6 Å². The number of hydrogen-bond donors (Lipinski definition) is 1. The van der Waals surface area contributed by atoms with E-state index in [1.165, 1.54) is 5.56 Å². The fraction of sp³-hybridized carbons (Fsp3) is 0.263. The van der Waals surface area contributed by atoms with Crippen molar-refractivity contribution in [2.75, 3.05) is 12.4 Å². The lowest BCUT2D eigenvalue weighted by Gasteiger charge is -2.25. The lowest BCUT2D eigenvalue weighted by atomic mass is 9.91. The molecule has 0 aliphatic rings. The Hall–Kier alpha value is -2.22. The fourth-order valence-corrected chi connectivity index (χ4v) is 2.46. The SMILES string of the molecule is C=CCC(Nc1ccc(OC)cc1)C(C)c1ccccc1. The predicted octanol–water partition coefficient (Wildman–Crippen LogP) is 4.86. The first-order valence-electron chi connectivity index (χ1n) is 7.31. The molecule has 0 aromatic heterocycles. The van der Waals surface area contributed by atoms with Crippen LogP contribution in [0, 0.1) is 0 Å². The Labute approximate surface area is 127 Å². The van der Waals surface area contributed by atoms with Crippen molar-refractivity contribution >= 4 is 5.69 Å². The van der Waals surface area contributed by atoms with Crippen molar-refractivity contribution in [1.82, 2.24) is 0 Å². The van der Waals surface area contributed by atoms with E-state index in [9.17, 15) is 0 Å². The first-order chi connectivity index (χ1) is 10.2. The van der Waals surface area contributed by atoms with Crippen LogP contribution in [-0.2, 0) is 0 Å². The van der Waals surface area contributed by atoms with E-state index in [-0.39, 0.29) is 0 Å². The van der Waals surface area contributed by atoms with E-state index in [0.717, 1.165) is 17.9 Å². The van der Waals surface area contributed by atoms with Crippen LogP contribution < -0.4 is 10.1 Å². The minimum atomic E-state index is 0.318. The highest BCUT2D eigenvalue weighted by molar-refractivity contribution is 5.48. The van der Waals surface area contributed by atoms with Crippen LogP contribution >= 0.6 is 0 Å². The maximum absolute atomic E-state index is 5.19. The summed E-state index contributed by atoms with van der Waals surface area (Å²) in [4.78, 5) is 0. The second-order valence-corrected chi connectivity index (χ2v) is 5.20. The smallest absolute Gasteiger partial charge is 0.119 e. The molecule has 0 saturated carbocycles. The van der Waals surface area contributed by atoms with Crippen LogP contribution in [-0.4, -0.2) is 13.2 Å². The molecule has 2 heteroatoms. The molecule has 1 N–H and O–H groups in total. The predicted molar refractivity (Wildman–Crippen MR) is 90.1 cm³/mol. The Kier molecular flexibility index (Phi) is 5.44. The van der Waals surface area contributed by atoms with Gasteiger partial charge < -0.3 is 10.1 Å². The number of anilines is 1. The first kappa shape index (κ1) is 15.2. The summed E-state index contributed by atoms with van der Waals surface area (Å²) in [5.74, 6) is 1.28. The summed E-state index contributed by atoms with van der Waals surface area (Å²) in [6.07, 6.45) is 2.89. The van der Waals surface area contributed by atoms with Crippen LogP contribution in [0.25, 0.3) is 0 Å². The Morgan fingerprint density at radius 3 is 2.33 bits per heavy atom. The molecule has 0 aliphatic carbocycles. The van der Waals surface area contributed by atoms with Crippen molar-refractivity contribution in [3.8, 4) is 5.75 Å². The maximum atomic E-state index is 5.19. The zero-order valence-electron chi connectivity index (χ0n) is 12.8. The summed E-state index contributed by atoms with van der Waals surface area (Å²) in [5, 5.41) is 3.60. The van der Waals surface area contributed by atoms with Crippen LogP contribution in [0.3, 0.4) is 0 Å². The zero-order valence-corrected chi connectivity index (χ0v) is 12.8. The van der Waals surface area contributed by atoms with Crippen LogP contribution in [0.2, 0.25) is 0 Å². The number of hydrogen-bond acceptors (Lipinski definition) is 2. The number of rotatable bonds is 7. The molecule has 0 saturated heterocycles. The van der Waals surface area contributed by atoms with Gasteiger partial charge in [0.25, 0.3) is 0 Å². The number of methoxy groups -OCH3 is 1. The second-order valence-electron chi connectivity index (χ2n) is 5.20. The Morgan fingerprint density at radius 1 is 1.10 bits per heavy atom. The van der Waals surface area contributed by atoms with Gasteiger partial charge in [-0.2, -0.15) is 0 Å². The molecular weight excluding hydrogens is 258 g/mol. The maximum Gasteiger partial charge on any atom is 0.119 e. The fourth-order valence-electron chi connectivity index (χ4n) is 2.46. The van der Waals surface area contributed by atoms with Crippen molar-refractivity contribution in [1.29, 1.82) is 0 Å². The first-order valence-corrected chi connectivity index (χ1v) is 7.31. The zero-order chi connectivity index (χ0) is 15.1.